The fraction of sp³-hybridized carbons (Fsp3) is 0.286. The van der Waals surface area contributed by atoms with Gasteiger partial charge in [-0.1, -0.05) is 33.1 Å². The fourth-order valence-electron chi connectivity index (χ4n) is 2.67. The molecular weight excluding hydrogens is 364 g/mol. The molecule has 0 bridgehead atoms. The van der Waals surface area contributed by atoms with Crippen LogP contribution in [0.1, 0.15) is 5.56 Å². The Bertz CT molecular complexity index is 742. The van der Waals surface area contributed by atoms with Crippen LogP contribution in [0.15, 0.2) is 33.7 Å². The van der Waals surface area contributed by atoms with Crippen molar-refractivity contribution in [3.05, 3.63) is 34.3 Å². The third kappa shape index (κ3) is 2.51. The number of hydrogen-bond donors (Lipinski definition) is 2. The number of fused-ring (bicyclic) bond motifs is 1. The number of carbonyl (C=O) groups excluding carboxylic acids is 2. The second-order valence-corrected chi connectivity index (χ2v) is 6.25. The van der Waals surface area contributed by atoms with Crippen molar-refractivity contribution in [1.29, 1.82) is 0 Å². The molecule has 0 spiro atoms. The van der Waals surface area contributed by atoms with Crippen molar-refractivity contribution in [1.82, 2.24) is 15.2 Å². The maximum Gasteiger partial charge on any atom is 0.407 e. The number of nitrogens with one attached hydrogen (secondary N) is 1. The third-order valence-electron chi connectivity index (χ3n) is 3.93. The molecule has 2 aliphatic heterocycles. The maximum atomic E-state index is 12.5. The van der Waals surface area contributed by atoms with Crippen LogP contribution < -0.4 is 11.3 Å². The van der Waals surface area contributed by atoms with Crippen LogP contribution in [0.4, 0.5) is 4.79 Å². The first-order valence-electron chi connectivity index (χ1n) is 6.92. The molecule has 0 aliphatic carbocycles. The van der Waals surface area contributed by atoms with Crippen LogP contribution in [0.2, 0.25) is 0 Å². The Morgan fingerprint density at radius 2 is 1.91 bits per heavy atom. The van der Waals surface area contributed by atoms with Gasteiger partial charge in [-0.3, -0.25) is 14.6 Å². The van der Waals surface area contributed by atoms with E-state index in [1.807, 2.05) is 24.3 Å². The summed E-state index contributed by atoms with van der Waals surface area (Å²) in [6.07, 6.45) is 0. The van der Waals surface area contributed by atoms with E-state index in [1.54, 1.807) is 11.6 Å². The van der Waals surface area contributed by atoms with Crippen LogP contribution in [-0.2, 0) is 11.3 Å². The number of benzene rings is 1. The number of halogens is 1. The van der Waals surface area contributed by atoms with Crippen molar-refractivity contribution >= 4 is 39.7 Å². The molecule has 9 heteroatoms. The summed E-state index contributed by atoms with van der Waals surface area (Å²) < 4.78 is 2.72. The number of rotatable bonds is 2. The number of likely N-dealkylation sites (N-methyl/N-ethyl adjacent to an activating group) is 2. The lowest BCUT2D eigenvalue weighted by molar-refractivity contribution is -0.553. The number of imide groups is 1. The number of nitrogens with zero attached hydrogens (tertiary/aromatic N) is 4. The quantitative estimate of drug-likeness (QED) is 0.432. The molecule has 1 fully saturated rings. The van der Waals surface area contributed by atoms with Gasteiger partial charge >= 0.3 is 12.0 Å². The van der Waals surface area contributed by atoms with Crippen molar-refractivity contribution in [3.8, 4) is 0 Å². The molecule has 23 heavy (non-hydrogen) atoms. The van der Waals surface area contributed by atoms with Crippen LogP contribution in [0.3, 0.4) is 0 Å². The Balaban J connectivity index is 1.98. The van der Waals surface area contributed by atoms with Gasteiger partial charge in [0.15, 0.2) is 0 Å². The van der Waals surface area contributed by atoms with Crippen LogP contribution >= 0.6 is 15.9 Å². The van der Waals surface area contributed by atoms with Crippen LogP contribution in [0.25, 0.3) is 0 Å². The lowest BCUT2D eigenvalue weighted by Gasteiger charge is -2.31. The van der Waals surface area contributed by atoms with Crippen molar-refractivity contribution < 1.29 is 14.2 Å². The Kier molecular flexibility index (Phi) is 3.90. The summed E-state index contributed by atoms with van der Waals surface area (Å²) in [6.45, 7) is 0.437. The van der Waals surface area contributed by atoms with Crippen LogP contribution in [-0.4, -0.2) is 58.2 Å². The number of hydrogen-bond acceptors (Lipinski definition) is 5. The van der Waals surface area contributed by atoms with Gasteiger partial charge in [-0.25, -0.2) is 14.8 Å². The lowest BCUT2D eigenvalue weighted by atomic mass is 10.1. The van der Waals surface area contributed by atoms with E-state index in [9.17, 15) is 9.59 Å². The Morgan fingerprint density at radius 3 is 2.52 bits per heavy atom. The molecule has 3 rings (SSSR count). The fourth-order valence-corrected chi connectivity index (χ4v) is 2.93. The van der Waals surface area contributed by atoms with Gasteiger partial charge in [-0.15, -0.1) is 0 Å². The first-order chi connectivity index (χ1) is 10.9. The zero-order valence-electron chi connectivity index (χ0n) is 12.7. The van der Waals surface area contributed by atoms with E-state index in [-0.39, 0.29) is 5.91 Å². The van der Waals surface area contributed by atoms with Gasteiger partial charge < -0.3 is 0 Å². The van der Waals surface area contributed by atoms with Gasteiger partial charge in [0.2, 0.25) is 11.9 Å². The summed E-state index contributed by atoms with van der Waals surface area (Å²) in [6, 6.07) is 6.66. The maximum absolute atomic E-state index is 12.5. The van der Waals surface area contributed by atoms with Crippen LogP contribution in [0, 0.1) is 0 Å². The number of amides is 3. The topological polar surface area (TPSA) is 94.0 Å². The van der Waals surface area contributed by atoms with Crippen molar-refractivity contribution in [2.75, 3.05) is 14.1 Å². The molecule has 1 atom stereocenters. The molecule has 3 amide bonds. The lowest BCUT2D eigenvalue weighted by Crippen LogP contribution is -2.61. The molecule has 0 radical (unpaired) electrons. The smallest absolute Gasteiger partial charge is 0.270 e. The second kappa shape index (κ2) is 5.74. The van der Waals surface area contributed by atoms with E-state index >= 15 is 0 Å². The second-order valence-electron chi connectivity index (χ2n) is 5.33. The summed E-state index contributed by atoms with van der Waals surface area (Å²) >= 11 is 3.39. The van der Waals surface area contributed by atoms with E-state index in [4.69, 9.17) is 5.84 Å². The van der Waals surface area contributed by atoms with Crippen LogP contribution in [0.5, 0.6) is 0 Å². The molecule has 3 N–H and O–H groups in total. The Hall–Kier alpha value is -2.26. The predicted molar refractivity (Wildman–Crippen MR) is 87.6 cm³/mol. The van der Waals surface area contributed by atoms with Crippen molar-refractivity contribution in [2.24, 2.45) is 10.8 Å². The van der Waals surface area contributed by atoms with E-state index in [1.165, 1.54) is 11.9 Å². The summed E-state index contributed by atoms with van der Waals surface area (Å²) in [7, 11) is 3.05. The van der Waals surface area contributed by atoms with E-state index in [0.717, 1.165) is 14.9 Å². The highest BCUT2D eigenvalue weighted by Crippen LogP contribution is 2.20. The van der Waals surface area contributed by atoms with E-state index in [2.05, 4.69) is 26.3 Å². The minimum atomic E-state index is -0.669. The number of nitrogens with two attached hydrogens (primary N) is 1. The molecule has 1 saturated heterocycles. The average molecular weight is 380 g/mol. The minimum Gasteiger partial charge on any atom is -0.270 e. The van der Waals surface area contributed by atoms with Gasteiger partial charge in [-0.05, 0) is 17.7 Å². The standard InChI is InChI=1S/C14H15BrN6O2/c1-19-11-10(12(22)20(2)14(19)23)21(13(17-11)18-16)7-8-3-5-9(15)6-4-8/h3-6,10H,7,16H2,1-2H3/p+1. The highest BCUT2D eigenvalue weighted by molar-refractivity contribution is 9.10. The van der Waals surface area contributed by atoms with Gasteiger partial charge in [0, 0.05) is 18.6 Å². The summed E-state index contributed by atoms with van der Waals surface area (Å²) in [5, 5.41) is 0. The van der Waals surface area contributed by atoms with Gasteiger partial charge in [0.05, 0.1) is 6.54 Å². The van der Waals surface area contributed by atoms with Gasteiger partial charge in [-0.2, -0.15) is 5.84 Å². The number of aliphatic imine (C=N–C) groups is 1. The molecule has 1 unspecified atom stereocenters. The zero-order chi connectivity index (χ0) is 16.7. The van der Waals surface area contributed by atoms with Gasteiger partial charge in [0.25, 0.3) is 5.91 Å². The molecule has 2 aliphatic rings. The molecular formula is C14H16BrN6O2+. The summed E-state index contributed by atoms with van der Waals surface area (Å²) in [4.78, 5) is 31.4. The summed E-state index contributed by atoms with van der Waals surface area (Å²) in [5.74, 6) is 5.96. The zero-order valence-corrected chi connectivity index (χ0v) is 14.2. The number of guanidine groups is 1. The molecule has 1 aromatic carbocycles. The highest BCUT2D eigenvalue weighted by atomic mass is 79.9. The SMILES string of the molecule is CN1C(=O)C2C(=NC(NN)=[N+]2Cc2ccc(Br)cc2)N(C)C1=O. The summed E-state index contributed by atoms with van der Waals surface area (Å²) in [5.41, 5.74) is 3.50. The van der Waals surface area contributed by atoms with E-state index < -0.39 is 12.1 Å². The molecule has 8 nitrogen and oxygen atoms in total. The monoisotopic (exact) mass is 379 g/mol. The van der Waals surface area contributed by atoms with Crippen molar-refractivity contribution in [2.45, 2.75) is 12.6 Å². The largest absolute Gasteiger partial charge is 0.407 e. The predicted octanol–water partition coefficient (Wildman–Crippen LogP) is 0.0854. The average Bonchev–Trinajstić information content (AvgIpc) is 2.91. The van der Waals surface area contributed by atoms with Crippen molar-refractivity contribution in [3.63, 3.8) is 0 Å². The molecule has 1 aromatic rings. The minimum absolute atomic E-state index is 0.325. The number of hydrazine groups is 1. The number of carbonyl (C=O) groups is 2. The third-order valence-corrected chi connectivity index (χ3v) is 4.45. The normalized spacial score (nSPS) is 20.9. The molecule has 2 heterocycles. The first kappa shape index (κ1) is 15.6. The Morgan fingerprint density at radius 1 is 1.26 bits per heavy atom. The molecule has 0 saturated carbocycles. The number of urea groups is 1. The number of amidine groups is 1. The molecule has 0 aromatic heterocycles. The Labute approximate surface area is 141 Å². The molecule has 120 valence electrons. The van der Waals surface area contributed by atoms with Gasteiger partial charge in [0.1, 0.15) is 0 Å². The van der Waals surface area contributed by atoms with E-state index in [0.29, 0.717) is 18.3 Å². The first-order valence-corrected chi connectivity index (χ1v) is 7.72. The highest BCUT2D eigenvalue weighted by Gasteiger charge is 2.51.